The minimum absolute atomic E-state index is 0.103. The molecule has 1 N–H and O–H groups in total. The fraction of sp³-hybridized carbons (Fsp3) is 0.909. The summed E-state index contributed by atoms with van der Waals surface area (Å²) in [4.78, 5) is 11.4. The Balaban J connectivity index is 1.56. The van der Waals surface area contributed by atoms with E-state index in [1.165, 1.54) is 19.8 Å². The topological polar surface area (TPSA) is 70.3 Å². The number of carbonyl (C=O) groups excluding carboxylic acids is 1. The van der Waals surface area contributed by atoms with Crippen molar-refractivity contribution >= 4 is 5.97 Å². The largest absolute Gasteiger partial charge is 0.463 e. The maximum atomic E-state index is 11.4. The molecule has 0 amide bonds. The second-order valence-electron chi connectivity index (χ2n) is 10.1. The smallest absolute Gasteiger partial charge is 0.302 e. The van der Waals surface area contributed by atoms with Crippen molar-refractivity contribution in [3.63, 3.8) is 0 Å². The van der Waals surface area contributed by atoms with Crippen LogP contribution in [0.2, 0.25) is 0 Å². The summed E-state index contributed by atoms with van der Waals surface area (Å²) < 4.78 is 5.54. The van der Waals surface area contributed by atoms with E-state index in [9.17, 15) is 15.2 Å². The summed E-state index contributed by atoms with van der Waals surface area (Å²) in [7, 11) is 0. The van der Waals surface area contributed by atoms with Crippen molar-refractivity contribution in [2.45, 2.75) is 90.3 Å². The van der Waals surface area contributed by atoms with Crippen LogP contribution >= 0.6 is 0 Å². The highest BCUT2D eigenvalue weighted by atomic mass is 16.5. The van der Waals surface area contributed by atoms with Crippen molar-refractivity contribution in [3.8, 4) is 6.07 Å². The second kappa shape index (κ2) is 5.96. The van der Waals surface area contributed by atoms with Gasteiger partial charge in [-0.3, -0.25) is 4.79 Å². The summed E-state index contributed by atoms with van der Waals surface area (Å²) in [5.41, 5.74) is -1.04. The highest BCUT2D eigenvalue weighted by Crippen LogP contribution is 2.68. The fourth-order valence-corrected chi connectivity index (χ4v) is 7.76. The van der Waals surface area contributed by atoms with E-state index in [4.69, 9.17) is 4.74 Å². The number of hydrogen-bond donors (Lipinski definition) is 1. The third kappa shape index (κ3) is 2.39. The van der Waals surface area contributed by atoms with Crippen LogP contribution in [0.4, 0.5) is 0 Å². The number of aliphatic hydroxyl groups is 1. The standard InChI is InChI=1S/C22H33NO3/c1-14(24)26-16-6-9-20(2)15(12-16)4-5-17-18(20)7-10-21(3)19(17)8-11-22(21,25)13-23/h15-19,25H,4-12H2,1-3H3/t15-,16-,17+,18-,19+,20-,21-,22-/m0/s1. The van der Waals surface area contributed by atoms with Gasteiger partial charge in [-0.1, -0.05) is 13.8 Å². The summed E-state index contributed by atoms with van der Waals surface area (Å²) in [6, 6.07) is 2.27. The van der Waals surface area contributed by atoms with Gasteiger partial charge in [0.15, 0.2) is 5.60 Å². The zero-order chi connectivity index (χ0) is 18.7. The van der Waals surface area contributed by atoms with Gasteiger partial charge in [0.1, 0.15) is 6.10 Å². The van der Waals surface area contributed by atoms with Gasteiger partial charge < -0.3 is 9.84 Å². The van der Waals surface area contributed by atoms with Crippen molar-refractivity contribution in [3.05, 3.63) is 0 Å². The summed E-state index contributed by atoms with van der Waals surface area (Å²) >= 11 is 0. The number of ether oxygens (including phenoxy) is 1. The molecule has 0 unspecified atom stereocenters. The maximum Gasteiger partial charge on any atom is 0.302 e. The van der Waals surface area contributed by atoms with Crippen LogP contribution in [0.1, 0.15) is 78.6 Å². The molecule has 4 rings (SSSR count). The highest BCUT2D eigenvalue weighted by Gasteiger charge is 2.65. The molecule has 26 heavy (non-hydrogen) atoms. The first-order valence-electron chi connectivity index (χ1n) is 10.5. The molecule has 4 aliphatic rings. The van der Waals surface area contributed by atoms with E-state index >= 15 is 0 Å². The van der Waals surface area contributed by atoms with Crippen molar-refractivity contribution in [1.29, 1.82) is 5.26 Å². The van der Waals surface area contributed by atoms with Crippen molar-refractivity contribution in [2.75, 3.05) is 0 Å². The van der Waals surface area contributed by atoms with Gasteiger partial charge in [0, 0.05) is 12.3 Å². The molecule has 0 spiro atoms. The lowest BCUT2D eigenvalue weighted by atomic mass is 9.44. The molecular formula is C22H33NO3. The van der Waals surface area contributed by atoms with Gasteiger partial charge in [-0.25, -0.2) is 0 Å². The van der Waals surface area contributed by atoms with Crippen LogP contribution in [0, 0.1) is 45.8 Å². The van der Waals surface area contributed by atoms with Crippen LogP contribution in [0.25, 0.3) is 0 Å². The van der Waals surface area contributed by atoms with Crippen LogP contribution in [0.5, 0.6) is 0 Å². The Morgan fingerprint density at radius 3 is 2.50 bits per heavy atom. The van der Waals surface area contributed by atoms with Gasteiger partial charge in [0.25, 0.3) is 0 Å². The lowest BCUT2D eigenvalue weighted by Gasteiger charge is -2.61. The van der Waals surface area contributed by atoms with Crippen LogP contribution in [-0.4, -0.2) is 22.8 Å². The zero-order valence-electron chi connectivity index (χ0n) is 16.5. The highest BCUT2D eigenvalue weighted by molar-refractivity contribution is 5.66. The zero-order valence-corrected chi connectivity index (χ0v) is 16.5. The number of rotatable bonds is 1. The summed E-state index contributed by atoms with van der Waals surface area (Å²) in [6.07, 6.45) is 9.40. The van der Waals surface area contributed by atoms with Gasteiger partial charge in [-0.05, 0) is 86.9 Å². The van der Waals surface area contributed by atoms with E-state index < -0.39 is 5.60 Å². The molecule has 4 heteroatoms. The first kappa shape index (κ1) is 18.3. The van der Waals surface area contributed by atoms with E-state index in [1.807, 2.05) is 0 Å². The van der Waals surface area contributed by atoms with Crippen molar-refractivity contribution in [2.24, 2.45) is 34.5 Å². The quantitative estimate of drug-likeness (QED) is 0.562. The van der Waals surface area contributed by atoms with Gasteiger partial charge in [-0.15, -0.1) is 0 Å². The fourth-order valence-electron chi connectivity index (χ4n) is 7.76. The molecule has 0 heterocycles. The Hall–Kier alpha value is -1.08. The molecule has 0 saturated heterocycles. The molecule has 0 aromatic heterocycles. The Morgan fingerprint density at radius 1 is 1.08 bits per heavy atom. The summed E-state index contributed by atoms with van der Waals surface area (Å²) in [5.74, 6) is 2.31. The molecule has 8 atom stereocenters. The molecule has 4 fully saturated rings. The molecule has 4 nitrogen and oxygen atoms in total. The minimum Gasteiger partial charge on any atom is -0.463 e. The lowest BCUT2D eigenvalue weighted by molar-refractivity contribution is -0.164. The average molecular weight is 360 g/mol. The SMILES string of the molecule is CC(=O)O[C@H]1CC[C@@]2(C)[C@@H](CC[C@H]3[C@H]4CC[C@](O)(C#N)[C@@]4(C)CC[C@@H]32)C1. The van der Waals surface area contributed by atoms with Crippen LogP contribution in [-0.2, 0) is 9.53 Å². The van der Waals surface area contributed by atoms with Crippen molar-refractivity contribution < 1.29 is 14.6 Å². The van der Waals surface area contributed by atoms with Gasteiger partial charge in [-0.2, -0.15) is 5.26 Å². The van der Waals surface area contributed by atoms with Gasteiger partial charge >= 0.3 is 5.97 Å². The Morgan fingerprint density at radius 2 is 1.81 bits per heavy atom. The molecule has 0 aromatic rings. The first-order valence-corrected chi connectivity index (χ1v) is 10.5. The maximum absolute atomic E-state index is 11.4. The average Bonchev–Trinajstić information content (AvgIpc) is 2.87. The number of hydrogen-bond acceptors (Lipinski definition) is 4. The van der Waals surface area contributed by atoms with E-state index in [1.54, 1.807) is 0 Å². The first-order chi connectivity index (χ1) is 12.2. The van der Waals surface area contributed by atoms with E-state index in [-0.39, 0.29) is 17.5 Å². The Bertz CT molecular complexity index is 642. The molecular weight excluding hydrogens is 326 g/mol. The third-order valence-electron chi connectivity index (χ3n) is 9.29. The molecule has 0 bridgehead atoms. The molecule has 0 aliphatic heterocycles. The predicted octanol–water partition coefficient (Wildman–Crippen LogP) is 4.22. The number of nitriles is 1. The second-order valence-corrected chi connectivity index (χ2v) is 10.1. The van der Waals surface area contributed by atoms with Gasteiger partial charge in [0.2, 0.25) is 0 Å². The Labute approximate surface area is 157 Å². The number of nitrogens with zero attached hydrogens (tertiary/aromatic N) is 1. The lowest BCUT2D eigenvalue weighted by Crippen LogP contribution is -2.56. The number of esters is 1. The molecule has 144 valence electrons. The van der Waals surface area contributed by atoms with E-state index in [0.29, 0.717) is 35.5 Å². The number of fused-ring (bicyclic) bond motifs is 5. The van der Waals surface area contributed by atoms with Gasteiger partial charge in [0.05, 0.1) is 6.07 Å². The van der Waals surface area contributed by atoms with Crippen LogP contribution < -0.4 is 0 Å². The van der Waals surface area contributed by atoms with Crippen LogP contribution in [0.3, 0.4) is 0 Å². The third-order valence-corrected chi connectivity index (χ3v) is 9.29. The van der Waals surface area contributed by atoms with E-state index in [2.05, 4.69) is 19.9 Å². The normalized spacial score (nSPS) is 53.0. The predicted molar refractivity (Wildman–Crippen MR) is 97.8 cm³/mol. The minimum atomic E-state index is -1.13. The molecule has 4 aliphatic carbocycles. The number of carbonyl (C=O) groups is 1. The van der Waals surface area contributed by atoms with Crippen molar-refractivity contribution in [1.82, 2.24) is 0 Å². The van der Waals surface area contributed by atoms with Crippen LogP contribution in [0.15, 0.2) is 0 Å². The summed E-state index contributed by atoms with van der Waals surface area (Å²) in [6.45, 7) is 6.17. The molecule has 0 aromatic carbocycles. The molecule has 4 saturated carbocycles. The monoisotopic (exact) mass is 359 g/mol. The summed E-state index contributed by atoms with van der Waals surface area (Å²) in [5, 5.41) is 20.6. The molecule has 0 radical (unpaired) electrons. The van der Waals surface area contributed by atoms with E-state index in [0.717, 1.165) is 38.5 Å². The Kier molecular flexibility index (Phi) is 4.19.